The highest BCUT2D eigenvalue weighted by atomic mass is 16.5. The van der Waals surface area contributed by atoms with Gasteiger partial charge in [-0.3, -0.25) is 4.79 Å². The molecule has 1 unspecified atom stereocenters. The summed E-state index contributed by atoms with van der Waals surface area (Å²) in [4.78, 5) is 22.0. The van der Waals surface area contributed by atoms with Crippen molar-refractivity contribution >= 4 is 11.9 Å². The van der Waals surface area contributed by atoms with E-state index in [-0.39, 0.29) is 12.3 Å². The lowest BCUT2D eigenvalue weighted by molar-refractivity contribution is -0.144. The molecule has 0 heterocycles. The van der Waals surface area contributed by atoms with Crippen LogP contribution in [-0.2, 0) is 14.3 Å². The molecule has 0 rings (SSSR count). The first kappa shape index (κ1) is 12.9. The molecule has 2 N–H and O–H groups in total. The van der Waals surface area contributed by atoms with Crippen molar-refractivity contribution in [1.82, 2.24) is 5.32 Å². The molecule has 1 amide bonds. The third-order valence-corrected chi connectivity index (χ3v) is 1.72. The van der Waals surface area contributed by atoms with Gasteiger partial charge in [0.1, 0.15) is 6.04 Å². The Hall–Kier alpha value is -1.10. The van der Waals surface area contributed by atoms with Gasteiger partial charge in [0.05, 0.1) is 13.2 Å². The van der Waals surface area contributed by atoms with Gasteiger partial charge < -0.3 is 15.2 Å². The fourth-order valence-corrected chi connectivity index (χ4v) is 0.889. The van der Waals surface area contributed by atoms with Crippen LogP contribution in [0.5, 0.6) is 0 Å². The van der Waals surface area contributed by atoms with Crippen LogP contribution in [-0.4, -0.2) is 36.2 Å². The number of methoxy groups -OCH3 is 1. The van der Waals surface area contributed by atoms with E-state index in [2.05, 4.69) is 10.1 Å². The monoisotopic (exact) mass is 203 g/mol. The molecule has 82 valence electrons. The number of esters is 1. The first-order valence-electron chi connectivity index (χ1n) is 4.52. The standard InChI is InChI=1S/C9H17NO4/c1-6(11)4-5-8(12)10-7(2)9(13)14-3/h6-7,11H,4-5H2,1-3H3,(H,10,12)/t6?,7-/m0/s1. The smallest absolute Gasteiger partial charge is 0.328 e. The molecule has 14 heavy (non-hydrogen) atoms. The third kappa shape index (κ3) is 5.53. The van der Waals surface area contributed by atoms with E-state index in [1.807, 2.05) is 0 Å². The van der Waals surface area contributed by atoms with E-state index in [1.54, 1.807) is 13.8 Å². The Morgan fingerprint density at radius 1 is 1.43 bits per heavy atom. The minimum Gasteiger partial charge on any atom is -0.467 e. The highest BCUT2D eigenvalue weighted by Crippen LogP contribution is 1.96. The highest BCUT2D eigenvalue weighted by molar-refractivity contribution is 5.83. The molecule has 5 nitrogen and oxygen atoms in total. The molecule has 0 aromatic rings. The Labute approximate surface area is 83.4 Å². The zero-order valence-electron chi connectivity index (χ0n) is 8.74. The van der Waals surface area contributed by atoms with Gasteiger partial charge in [-0.05, 0) is 20.3 Å². The predicted octanol–water partition coefficient (Wildman–Crippen LogP) is -0.175. The topological polar surface area (TPSA) is 75.6 Å². The molecule has 5 heteroatoms. The van der Waals surface area contributed by atoms with Gasteiger partial charge in [0.25, 0.3) is 0 Å². The summed E-state index contributed by atoms with van der Waals surface area (Å²) < 4.78 is 4.44. The molecule has 0 radical (unpaired) electrons. The van der Waals surface area contributed by atoms with Crippen molar-refractivity contribution in [2.24, 2.45) is 0 Å². The van der Waals surface area contributed by atoms with Crippen molar-refractivity contribution in [3.63, 3.8) is 0 Å². The van der Waals surface area contributed by atoms with Crippen molar-refractivity contribution in [3.8, 4) is 0 Å². The molecule has 0 saturated heterocycles. The second-order valence-electron chi connectivity index (χ2n) is 3.20. The fourth-order valence-electron chi connectivity index (χ4n) is 0.889. The number of hydrogen-bond acceptors (Lipinski definition) is 4. The molecular weight excluding hydrogens is 186 g/mol. The zero-order chi connectivity index (χ0) is 11.1. The normalized spacial score (nSPS) is 14.3. The number of ether oxygens (including phenoxy) is 1. The SMILES string of the molecule is COC(=O)[C@H](C)NC(=O)CCC(C)O. The van der Waals surface area contributed by atoms with Gasteiger partial charge in [-0.2, -0.15) is 0 Å². The third-order valence-electron chi connectivity index (χ3n) is 1.72. The highest BCUT2D eigenvalue weighted by Gasteiger charge is 2.15. The summed E-state index contributed by atoms with van der Waals surface area (Å²) in [7, 11) is 1.26. The molecule has 0 aliphatic rings. The van der Waals surface area contributed by atoms with Crippen LogP contribution in [0.15, 0.2) is 0 Å². The molecule has 0 spiro atoms. The van der Waals surface area contributed by atoms with Crippen LogP contribution in [0.4, 0.5) is 0 Å². The molecule has 0 aliphatic heterocycles. The van der Waals surface area contributed by atoms with Crippen molar-refractivity contribution in [3.05, 3.63) is 0 Å². The van der Waals surface area contributed by atoms with Crippen LogP contribution in [0, 0.1) is 0 Å². The molecule has 0 aliphatic carbocycles. The van der Waals surface area contributed by atoms with Crippen molar-refractivity contribution in [2.45, 2.75) is 38.8 Å². The van der Waals surface area contributed by atoms with Gasteiger partial charge >= 0.3 is 5.97 Å². The molecule has 0 aromatic heterocycles. The zero-order valence-corrected chi connectivity index (χ0v) is 8.74. The summed E-state index contributed by atoms with van der Waals surface area (Å²) in [6.45, 7) is 3.16. The molecule has 0 fully saturated rings. The molecular formula is C9H17NO4. The van der Waals surface area contributed by atoms with E-state index < -0.39 is 18.1 Å². The largest absolute Gasteiger partial charge is 0.467 e. The maximum absolute atomic E-state index is 11.1. The summed E-state index contributed by atoms with van der Waals surface area (Å²) in [6, 6.07) is -0.638. The summed E-state index contributed by atoms with van der Waals surface area (Å²) in [5, 5.41) is 11.4. The molecule has 2 atom stereocenters. The second kappa shape index (κ2) is 6.37. The quantitative estimate of drug-likeness (QED) is 0.608. The van der Waals surface area contributed by atoms with Gasteiger partial charge in [-0.15, -0.1) is 0 Å². The van der Waals surface area contributed by atoms with Crippen molar-refractivity contribution < 1.29 is 19.4 Å². The first-order chi connectivity index (χ1) is 6.47. The van der Waals surface area contributed by atoms with E-state index >= 15 is 0 Å². The predicted molar refractivity (Wildman–Crippen MR) is 50.5 cm³/mol. The second-order valence-corrected chi connectivity index (χ2v) is 3.20. The van der Waals surface area contributed by atoms with Gasteiger partial charge in [0, 0.05) is 6.42 Å². The number of carbonyl (C=O) groups is 2. The number of aliphatic hydroxyl groups excluding tert-OH is 1. The molecule has 0 aromatic carbocycles. The number of amides is 1. The summed E-state index contributed by atoms with van der Waals surface area (Å²) >= 11 is 0. The van der Waals surface area contributed by atoms with E-state index in [9.17, 15) is 9.59 Å². The van der Waals surface area contributed by atoms with Gasteiger partial charge in [0.2, 0.25) is 5.91 Å². The Bertz CT molecular complexity index is 203. The Kier molecular flexibility index (Phi) is 5.87. The number of carbonyl (C=O) groups excluding carboxylic acids is 2. The van der Waals surface area contributed by atoms with Gasteiger partial charge in [-0.1, -0.05) is 0 Å². The summed E-state index contributed by atoms with van der Waals surface area (Å²) in [6.07, 6.45) is 0.0906. The Balaban J connectivity index is 3.77. The Morgan fingerprint density at radius 3 is 2.43 bits per heavy atom. The average molecular weight is 203 g/mol. The van der Waals surface area contributed by atoms with E-state index in [0.29, 0.717) is 6.42 Å². The van der Waals surface area contributed by atoms with Crippen LogP contribution in [0.2, 0.25) is 0 Å². The van der Waals surface area contributed by atoms with Crippen LogP contribution >= 0.6 is 0 Å². The van der Waals surface area contributed by atoms with Gasteiger partial charge in [-0.25, -0.2) is 4.79 Å². The molecule has 0 saturated carbocycles. The van der Waals surface area contributed by atoms with Crippen LogP contribution in [0.25, 0.3) is 0 Å². The lowest BCUT2D eigenvalue weighted by Gasteiger charge is -2.11. The molecule has 0 bridgehead atoms. The van der Waals surface area contributed by atoms with Crippen LogP contribution < -0.4 is 5.32 Å². The number of aliphatic hydroxyl groups is 1. The summed E-state index contributed by atoms with van der Waals surface area (Å²) in [5.74, 6) is -0.737. The van der Waals surface area contributed by atoms with E-state index in [0.717, 1.165) is 0 Å². The van der Waals surface area contributed by atoms with Crippen LogP contribution in [0.1, 0.15) is 26.7 Å². The minimum absolute atomic E-state index is 0.207. The lowest BCUT2D eigenvalue weighted by atomic mass is 10.2. The van der Waals surface area contributed by atoms with Crippen molar-refractivity contribution in [1.29, 1.82) is 0 Å². The minimum atomic E-state index is -0.638. The summed E-state index contributed by atoms with van der Waals surface area (Å²) in [5.41, 5.74) is 0. The van der Waals surface area contributed by atoms with Gasteiger partial charge in [0.15, 0.2) is 0 Å². The fraction of sp³-hybridized carbons (Fsp3) is 0.778. The van der Waals surface area contributed by atoms with E-state index in [4.69, 9.17) is 5.11 Å². The van der Waals surface area contributed by atoms with E-state index in [1.165, 1.54) is 7.11 Å². The maximum Gasteiger partial charge on any atom is 0.328 e. The number of hydrogen-bond donors (Lipinski definition) is 2. The number of nitrogens with one attached hydrogen (secondary N) is 1. The van der Waals surface area contributed by atoms with Crippen molar-refractivity contribution in [2.75, 3.05) is 7.11 Å². The Morgan fingerprint density at radius 2 is 2.00 bits per heavy atom. The first-order valence-corrected chi connectivity index (χ1v) is 4.52. The number of rotatable bonds is 5. The van der Waals surface area contributed by atoms with Crippen LogP contribution in [0.3, 0.4) is 0 Å². The average Bonchev–Trinajstić information content (AvgIpc) is 2.13. The maximum atomic E-state index is 11.1. The lowest BCUT2D eigenvalue weighted by Crippen LogP contribution is -2.39.